The fraction of sp³-hybridized carbons (Fsp3) is 0.273. The van der Waals surface area contributed by atoms with Gasteiger partial charge in [-0.2, -0.15) is 5.10 Å². The third kappa shape index (κ3) is 1.49. The van der Waals surface area contributed by atoms with E-state index < -0.39 is 0 Å². The van der Waals surface area contributed by atoms with Crippen LogP contribution < -0.4 is 5.32 Å². The summed E-state index contributed by atoms with van der Waals surface area (Å²) in [5.74, 6) is 1.07. The number of aromatic amines is 1. The number of hydrogen-bond donors (Lipinski definition) is 2. The highest BCUT2D eigenvalue weighted by atomic mass is 16.3. The number of nitrogens with one attached hydrogen (secondary N) is 2. The first-order valence-corrected chi connectivity index (χ1v) is 5.36. The molecule has 2 N–H and O–H groups in total. The van der Waals surface area contributed by atoms with Gasteiger partial charge in [0.1, 0.15) is 0 Å². The third-order valence-electron chi connectivity index (χ3n) is 2.91. The second-order valence-corrected chi connectivity index (χ2v) is 3.92. The van der Waals surface area contributed by atoms with Crippen LogP contribution in [0.15, 0.2) is 22.8 Å². The fourth-order valence-corrected chi connectivity index (χ4v) is 2.05. The Morgan fingerprint density at radius 1 is 1.59 bits per heavy atom. The fourth-order valence-electron chi connectivity index (χ4n) is 2.05. The van der Waals surface area contributed by atoms with Crippen LogP contribution in [0.1, 0.15) is 21.8 Å². The minimum atomic E-state index is -0.0957. The number of carbonyl (C=O) groups excluding carboxylic acids is 1. The van der Waals surface area contributed by atoms with Crippen molar-refractivity contribution in [3.8, 4) is 0 Å². The van der Waals surface area contributed by atoms with Crippen LogP contribution in [0.25, 0.3) is 0 Å². The molecule has 88 valence electrons. The molecule has 0 fully saturated rings. The molecule has 6 heteroatoms. The van der Waals surface area contributed by atoms with Crippen molar-refractivity contribution in [1.29, 1.82) is 0 Å². The van der Waals surface area contributed by atoms with Crippen molar-refractivity contribution < 1.29 is 9.21 Å². The Morgan fingerprint density at radius 2 is 2.47 bits per heavy atom. The highest BCUT2D eigenvalue weighted by Crippen LogP contribution is 2.27. The van der Waals surface area contributed by atoms with E-state index in [2.05, 4.69) is 15.5 Å². The number of hydrogen-bond acceptors (Lipinski definition) is 4. The maximum absolute atomic E-state index is 12.1. The molecule has 1 aliphatic rings. The maximum atomic E-state index is 12.1. The molecule has 0 atom stereocenters. The number of fused-ring (bicyclic) bond motifs is 1. The lowest BCUT2D eigenvalue weighted by Gasteiger charge is -2.13. The monoisotopic (exact) mass is 232 g/mol. The van der Waals surface area contributed by atoms with E-state index in [1.807, 2.05) is 7.05 Å². The molecule has 0 bridgehead atoms. The summed E-state index contributed by atoms with van der Waals surface area (Å²) in [6.45, 7) is 1.10. The molecule has 0 unspecified atom stereocenters. The highest BCUT2D eigenvalue weighted by Gasteiger charge is 2.29. The van der Waals surface area contributed by atoms with Crippen LogP contribution in [0.4, 0.5) is 5.82 Å². The number of aromatic nitrogens is 2. The zero-order chi connectivity index (χ0) is 11.8. The quantitative estimate of drug-likeness (QED) is 0.815. The molecule has 0 aliphatic carbocycles. The first kappa shape index (κ1) is 9.95. The predicted octanol–water partition coefficient (Wildman–Crippen LogP) is 1.20. The Balaban J connectivity index is 1.82. The Morgan fingerprint density at radius 3 is 3.18 bits per heavy atom. The van der Waals surface area contributed by atoms with Crippen molar-refractivity contribution in [3.05, 3.63) is 35.4 Å². The van der Waals surface area contributed by atoms with Gasteiger partial charge in [0.25, 0.3) is 5.91 Å². The zero-order valence-electron chi connectivity index (χ0n) is 9.36. The normalized spacial score (nSPS) is 13.8. The smallest absolute Gasteiger partial charge is 0.290 e. The number of amides is 1. The number of H-pyrrole nitrogens is 1. The topological polar surface area (TPSA) is 74.2 Å². The van der Waals surface area contributed by atoms with Crippen molar-refractivity contribution in [3.63, 3.8) is 0 Å². The highest BCUT2D eigenvalue weighted by molar-refractivity contribution is 5.91. The molecular weight excluding hydrogens is 220 g/mol. The third-order valence-corrected chi connectivity index (χ3v) is 2.91. The predicted molar refractivity (Wildman–Crippen MR) is 60.4 cm³/mol. The first-order chi connectivity index (χ1) is 8.29. The SMILES string of the molecule is CNc1n[nH]c2c1CN(C(=O)c1ccco1)C2. The van der Waals surface area contributed by atoms with Crippen molar-refractivity contribution >= 4 is 11.7 Å². The van der Waals surface area contributed by atoms with Gasteiger partial charge in [-0.1, -0.05) is 0 Å². The summed E-state index contributed by atoms with van der Waals surface area (Å²) in [6, 6.07) is 3.38. The van der Waals surface area contributed by atoms with E-state index in [1.165, 1.54) is 6.26 Å². The summed E-state index contributed by atoms with van der Waals surface area (Å²) in [7, 11) is 1.81. The molecule has 0 radical (unpaired) electrons. The molecule has 0 saturated heterocycles. The van der Waals surface area contributed by atoms with E-state index in [9.17, 15) is 4.79 Å². The van der Waals surface area contributed by atoms with Crippen molar-refractivity contribution in [2.75, 3.05) is 12.4 Å². The summed E-state index contributed by atoms with van der Waals surface area (Å²) < 4.78 is 5.11. The van der Waals surface area contributed by atoms with Gasteiger partial charge in [0.15, 0.2) is 11.6 Å². The van der Waals surface area contributed by atoms with Crippen LogP contribution in [-0.2, 0) is 13.1 Å². The lowest BCUT2D eigenvalue weighted by Crippen LogP contribution is -2.25. The molecule has 6 nitrogen and oxygen atoms in total. The lowest BCUT2D eigenvalue weighted by molar-refractivity contribution is 0.0717. The van der Waals surface area contributed by atoms with Crippen molar-refractivity contribution in [2.24, 2.45) is 0 Å². The molecule has 0 aromatic carbocycles. The van der Waals surface area contributed by atoms with Gasteiger partial charge in [-0.25, -0.2) is 0 Å². The Hall–Kier alpha value is -2.24. The number of anilines is 1. The van der Waals surface area contributed by atoms with E-state index in [4.69, 9.17) is 4.42 Å². The number of nitrogens with zero attached hydrogens (tertiary/aromatic N) is 2. The minimum absolute atomic E-state index is 0.0957. The Kier molecular flexibility index (Phi) is 2.14. The molecule has 2 aromatic heterocycles. The zero-order valence-corrected chi connectivity index (χ0v) is 9.36. The molecule has 1 aliphatic heterocycles. The second-order valence-electron chi connectivity index (χ2n) is 3.92. The number of rotatable bonds is 2. The Labute approximate surface area is 97.6 Å². The minimum Gasteiger partial charge on any atom is -0.459 e. The van der Waals surface area contributed by atoms with E-state index in [0.29, 0.717) is 18.8 Å². The molecule has 2 aromatic rings. The van der Waals surface area contributed by atoms with Gasteiger partial charge < -0.3 is 14.6 Å². The van der Waals surface area contributed by atoms with Gasteiger partial charge in [-0.05, 0) is 12.1 Å². The van der Waals surface area contributed by atoms with Crippen LogP contribution >= 0.6 is 0 Å². The lowest BCUT2D eigenvalue weighted by atomic mass is 10.3. The summed E-state index contributed by atoms with van der Waals surface area (Å²) in [4.78, 5) is 13.8. The van der Waals surface area contributed by atoms with Crippen LogP contribution in [0.3, 0.4) is 0 Å². The molecule has 3 rings (SSSR count). The van der Waals surface area contributed by atoms with E-state index in [-0.39, 0.29) is 5.91 Å². The standard InChI is InChI=1S/C11H12N4O2/c1-12-10-7-5-15(6-8(7)13-14-10)11(16)9-3-2-4-17-9/h2-4H,5-6H2,1H3,(H2,12,13,14). The van der Waals surface area contributed by atoms with Crippen LogP contribution in [-0.4, -0.2) is 28.1 Å². The van der Waals surface area contributed by atoms with Gasteiger partial charge in [0.05, 0.1) is 25.0 Å². The Bertz CT molecular complexity index is 544. The summed E-state index contributed by atoms with van der Waals surface area (Å²) in [6.07, 6.45) is 1.50. The van der Waals surface area contributed by atoms with Crippen LogP contribution in [0.2, 0.25) is 0 Å². The average molecular weight is 232 g/mol. The van der Waals surface area contributed by atoms with Gasteiger partial charge in [0, 0.05) is 12.6 Å². The largest absolute Gasteiger partial charge is 0.459 e. The van der Waals surface area contributed by atoms with E-state index in [1.54, 1.807) is 17.0 Å². The van der Waals surface area contributed by atoms with Gasteiger partial charge in [-0.15, -0.1) is 0 Å². The number of furan rings is 1. The maximum Gasteiger partial charge on any atom is 0.290 e. The van der Waals surface area contributed by atoms with Crippen molar-refractivity contribution in [1.82, 2.24) is 15.1 Å². The molecule has 3 heterocycles. The number of carbonyl (C=O) groups is 1. The molecule has 0 saturated carbocycles. The van der Waals surface area contributed by atoms with Gasteiger partial charge in [0.2, 0.25) is 0 Å². The van der Waals surface area contributed by atoms with Gasteiger partial charge in [-0.3, -0.25) is 9.89 Å². The summed E-state index contributed by atoms with van der Waals surface area (Å²) >= 11 is 0. The van der Waals surface area contributed by atoms with Crippen LogP contribution in [0, 0.1) is 0 Å². The molecule has 1 amide bonds. The van der Waals surface area contributed by atoms with Crippen LogP contribution in [0.5, 0.6) is 0 Å². The first-order valence-electron chi connectivity index (χ1n) is 5.36. The van der Waals surface area contributed by atoms with E-state index >= 15 is 0 Å². The van der Waals surface area contributed by atoms with Gasteiger partial charge >= 0.3 is 0 Å². The average Bonchev–Trinajstić information content (AvgIpc) is 3.04. The van der Waals surface area contributed by atoms with E-state index in [0.717, 1.165) is 17.1 Å². The summed E-state index contributed by atoms with van der Waals surface area (Å²) in [5, 5.41) is 10.0. The van der Waals surface area contributed by atoms with Crippen molar-refractivity contribution in [2.45, 2.75) is 13.1 Å². The second kappa shape index (κ2) is 3.65. The summed E-state index contributed by atoms with van der Waals surface area (Å²) in [5.41, 5.74) is 2.03. The molecular formula is C11H12N4O2. The molecule has 17 heavy (non-hydrogen) atoms. The molecule has 0 spiro atoms.